The van der Waals surface area contributed by atoms with E-state index in [9.17, 15) is 0 Å². The van der Waals surface area contributed by atoms with Crippen molar-refractivity contribution in [3.05, 3.63) is 140 Å². The number of benzene rings is 5. The molecule has 5 heteroatoms. The average Bonchev–Trinajstić information content (AvgIpc) is 3.72. The normalized spacial score (nSPS) is 11.6. The first-order chi connectivity index (χ1) is 19.4. The minimum absolute atomic E-state index is 0.751. The SMILES string of the molecule is c1ccc(-c2nnc(-n3ccc4c5c6ccccc6n(-c6ccccc6)c5ccc43)n2-c2ccccc2)cc1. The second-order valence-corrected chi connectivity index (χ2v) is 9.63. The van der Waals surface area contributed by atoms with Crippen molar-refractivity contribution in [3.63, 3.8) is 0 Å². The summed E-state index contributed by atoms with van der Waals surface area (Å²) in [5, 5.41) is 13.0. The maximum Gasteiger partial charge on any atom is 0.240 e. The molecule has 3 heterocycles. The third-order valence-corrected chi connectivity index (χ3v) is 7.43. The van der Waals surface area contributed by atoms with Crippen LogP contribution >= 0.6 is 0 Å². The fraction of sp³-hybridized carbons (Fsp3) is 0. The van der Waals surface area contributed by atoms with E-state index in [0.29, 0.717) is 0 Å². The Kier molecular flexibility index (Phi) is 4.76. The smallest absolute Gasteiger partial charge is 0.240 e. The standard InChI is InChI=1S/C34H23N5/c1-4-12-24(13-5-1)33-35-36-34(39(33)26-16-8-3-9-17-26)37-23-22-28-29(37)20-21-31-32(28)27-18-10-11-19-30(27)38(31)25-14-6-2-7-15-25/h1-23H. The van der Waals surface area contributed by atoms with Crippen molar-refractivity contribution >= 4 is 32.7 Å². The van der Waals surface area contributed by atoms with Crippen LogP contribution in [0.1, 0.15) is 0 Å². The van der Waals surface area contributed by atoms with Crippen molar-refractivity contribution in [1.29, 1.82) is 0 Å². The lowest BCUT2D eigenvalue weighted by atomic mass is 10.1. The molecule has 0 fully saturated rings. The first-order valence-electron chi connectivity index (χ1n) is 13.0. The molecule has 0 N–H and O–H groups in total. The van der Waals surface area contributed by atoms with Gasteiger partial charge in [0, 0.05) is 33.6 Å². The molecule has 0 unspecified atom stereocenters. The number of fused-ring (bicyclic) bond motifs is 5. The molecule has 0 amide bonds. The van der Waals surface area contributed by atoms with Gasteiger partial charge in [-0.1, -0.05) is 84.9 Å². The van der Waals surface area contributed by atoms with Crippen LogP contribution in [0.3, 0.4) is 0 Å². The molecular formula is C34H23N5. The highest BCUT2D eigenvalue weighted by Crippen LogP contribution is 2.38. The third kappa shape index (κ3) is 3.27. The fourth-order valence-electron chi connectivity index (χ4n) is 5.74. The minimum atomic E-state index is 0.751. The Morgan fingerprint density at radius 3 is 1.77 bits per heavy atom. The molecule has 184 valence electrons. The summed E-state index contributed by atoms with van der Waals surface area (Å²) in [5.41, 5.74) is 6.64. The number of para-hydroxylation sites is 3. The highest BCUT2D eigenvalue weighted by Gasteiger charge is 2.21. The van der Waals surface area contributed by atoms with Gasteiger partial charge in [-0.05, 0) is 48.5 Å². The molecule has 0 spiro atoms. The molecule has 0 bridgehead atoms. The van der Waals surface area contributed by atoms with E-state index in [0.717, 1.165) is 34.2 Å². The summed E-state index contributed by atoms with van der Waals surface area (Å²) in [6.45, 7) is 0. The maximum absolute atomic E-state index is 4.73. The topological polar surface area (TPSA) is 40.6 Å². The number of aromatic nitrogens is 5. The van der Waals surface area contributed by atoms with Crippen LogP contribution in [0.15, 0.2) is 140 Å². The molecule has 0 radical (unpaired) electrons. The monoisotopic (exact) mass is 501 g/mol. The van der Waals surface area contributed by atoms with Crippen LogP contribution < -0.4 is 0 Å². The highest BCUT2D eigenvalue weighted by atomic mass is 15.4. The lowest BCUT2D eigenvalue weighted by Crippen LogP contribution is -2.05. The molecule has 39 heavy (non-hydrogen) atoms. The molecule has 5 nitrogen and oxygen atoms in total. The number of rotatable bonds is 4. The lowest BCUT2D eigenvalue weighted by molar-refractivity contribution is 0.912. The molecule has 0 saturated heterocycles. The maximum atomic E-state index is 4.73. The van der Waals surface area contributed by atoms with Crippen molar-refractivity contribution in [3.8, 4) is 28.7 Å². The largest absolute Gasteiger partial charge is 0.309 e. The first kappa shape index (κ1) is 21.6. The van der Waals surface area contributed by atoms with Crippen LogP contribution in [-0.2, 0) is 0 Å². The van der Waals surface area contributed by atoms with Gasteiger partial charge in [-0.2, -0.15) is 0 Å². The van der Waals surface area contributed by atoms with E-state index in [1.54, 1.807) is 0 Å². The molecule has 0 atom stereocenters. The second-order valence-electron chi connectivity index (χ2n) is 9.63. The number of hydrogen-bond donors (Lipinski definition) is 0. The van der Waals surface area contributed by atoms with Crippen LogP contribution in [0.4, 0.5) is 0 Å². The zero-order valence-corrected chi connectivity index (χ0v) is 21.0. The molecule has 0 aliphatic heterocycles. The summed E-state index contributed by atoms with van der Waals surface area (Å²) in [4.78, 5) is 0. The molecule has 3 aromatic heterocycles. The van der Waals surface area contributed by atoms with Gasteiger partial charge in [0.2, 0.25) is 5.95 Å². The summed E-state index contributed by atoms with van der Waals surface area (Å²) in [7, 11) is 0. The molecule has 0 saturated carbocycles. The molecule has 8 rings (SSSR count). The Morgan fingerprint density at radius 1 is 0.436 bits per heavy atom. The van der Waals surface area contributed by atoms with E-state index in [-0.39, 0.29) is 0 Å². The zero-order valence-electron chi connectivity index (χ0n) is 21.0. The van der Waals surface area contributed by atoms with Crippen molar-refractivity contribution in [2.45, 2.75) is 0 Å². The lowest BCUT2D eigenvalue weighted by Gasteiger charge is -2.12. The molecule has 5 aromatic carbocycles. The number of nitrogens with zero attached hydrogens (tertiary/aromatic N) is 5. The fourth-order valence-corrected chi connectivity index (χ4v) is 5.74. The Balaban J connectivity index is 1.42. The van der Waals surface area contributed by atoms with E-state index in [4.69, 9.17) is 5.10 Å². The summed E-state index contributed by atoms with van der Waals surface area (Å²) >= 11 is 0. The van der Waals surface area contributed by atoms with E-state index >= 15 is 0 Å². The summed E-state index contributed by atoms with van der Waals surface area (Å²) in [5.74, 6) is 1.56. The van der Waals surface area contributed by atoms with Gasteiger partial charge in [-0.3, -0.25) is 9.13 Å². The van der Waals surface area contributed by atoms with E-state index in [1.807, 2.05) is 36.4 Å². The van der Waals surface area contributed by atoms with Gasteiger partial charge >= 0.3 is 0 Å². The summed E-state index contributed by atoms with van der Waals surface area (Å²) in [6.07, 6.45) is 2.11. The van der Waals surface area contributed by atoms with Crippen molar-refractivity contribution < 1.29 is 0 Å². The van der Waals surface area contributed by atoms with Crippen LogP contribution in [0.2, 0.25) is 0 Å². The van der Waals surface area contributed by atoms with Crippen LogP contribution in [-0.4, -0.2) is 23.9 Å². The second kappa shape index (κ2) is 8.57. The van der Waals surface area contributed by atoms with E-state index < -0.39 is 0 Å². The van der Waals surface area contributed by atoms with Gasteiger partial charge in [-0.15, -0.1) is 10.2 Å². The minimum Gasteiger partial charge on any atom is -0.309 e. The van der Waals surface area contributed by atoms with Crippen LogP contribution in [0.5, 0.6) is 0 Å². The Bertz CT molecular complexity index is 2100. The Labute approximate surface area is 224 Å². The van der Waals surface area contributed by atoms with Gasteiger partial charge in [0.1, 0.15) is 0 Å². The molecular weight excluding hydrogens is 478 g/mol. The van der Waals surface area contributed by atoms with Crippen LogP contribution in [0, 0.1) is 0 Å². The van der Waals surface area contributed by atoms with E-state index in [1.165, 1.54) is 27.2 Å². The quantitative estimate of drug-likeness (QED) is 0.245. The zero-order chi connectivity index (χ0) is 25.8. The molecule has 8 aromatic rings. The third-order valence-electron chi connectivity index (χ3n) is 7.43. The van der Waals surface area contributed by atoms with Crippen LogP contribution in [0.25, 0.3) is 61.4 Å². The van der Waals surface area contributed by atoms with Gasteiger partial charge in [-0.25, -0.2) is 0 Å². The number of hydrogen-bond acceptors (Lipinski definition) is 2. The van der Waals surface area contributed by atoms with Gasteiger partial charge in [0.05, 0.1) is 22.2 Å². The van der Waals surface area contributed by atoms with Crippen molar-refractivity contribution in [2.75, 3.05) is 0 Å². The molecule has 0 aliphatic rings. The predicted molar refractivity (Wildman–Crippen MR) is 158 cm³/mol. The Morgan fingerprint density at radius 2 is 1.03 bits per heavy atom. The van der Waals surface area contributed by atoms with Crippen molar-refractivity contribution in [2.24, 2.45) is 0 Å². The van der Waals surface area contributed by atoms with Crippen molar-refractivity contribution in [1.82, 2.24) is 23.9 Å². The first-order valence-corrected chi connectivity index (χ1v) is 13.0. The average molecular weight is 502 g/mol. The summed E-state index contributed by atoms with van der Waals surface area (Å²) < 4.78 is 6.63. The molecule has 0 aliphatic carbocycles. The van der Waals surface area contributed by atoms with Gasteiger partial charge < -0.3 is 4.57 Å². The Hall–Kier alpha value is -5.42. The van der Waals surface area contributed by atoms with Gasteiger partial charge in [0.25, 0.3) is 0 Å². The van der Waals surface area contributed by atoms with E-state index in [2.05, 4.69) is 122 Å². The summed E-state index contributed by atoms with van der Waals surface area (Å²) in [6, 6.07) is 46.3. The predicted octanol–water partition coefficient (Wildman–Crippen LogP) is 7.98. The highest BCUT2D eigenvalue weighted by molar-refractivity contribution is 6.21. The van der Waals surface area contributed by atoms with Gasteiger partial charge in [0.15, 0.2) is 5.82 Å².